The van der Waals surface area contributed by atoms with E-state index in [9.17, 15) is 23.3 Å². The fraction of sp³-hybridized carbons (Fsp3) is 0.0870. The molecule has 0 heterocycles. The number of methoxy groups -OCH3 is 1. The van der Waals surface area contributed by atoms with E-state index in [1.54, 1.807) is 49.4 Å². The summed E-state index contributed by atoms with van der Waals surface area (Å²) >= 11 is 0. The van der Waals surface area contributed by atoms with Gasteiger partial charge in [-0.25, -0.2) is 8.42 Å². The number of hydrogen-bond donors (Lipinski definition) is 2. The van der Waals surface area contributed by atoms with Crippen LogP contribution in [0.3, 0.4) is 0 Å². The SMILES string of the molecule is COc1ccccc1NS(=O)(=O)c1cc(NC(=O)C=Cc2cccc([N+](=O)[O-])c2)ccc1C. The first-order chi connectivity index (χ1) is 15.7. The number of para-hydroxylation sites is 2. The molecular formula is C23H21N3O6S. The Morgan fingerprint density at radius 2 is 1.82 bits per heavy atom. The first kappa shape index (κ1) is 23.5. The Morgan fingerprint density at radius 3 is 2.55 bits per heavy atom. The third-order valence-electron chi connectivity index (χ3n) is 4.60. The number of hydrogen-bond acceptors (Lipinski definition) is 6. The molecule has 3 aromatic carbocycles. The van der Waals surface area contributed by atoms with Crippen LogP contribution in [0.25, 0.3) is 6.08 Å². The summed E-state index contributed by atoms with van der Waals surface area (Å²) in [5.41, 5.74) is 1.44. The fourth-order valence-corrected chi connectivity index (χ4v) is 4.34. The van der Waals surface area contributed by atoms with Gasteiger partial charge in [0, 0.05) is 23.9 Å². The molecule has 3 aromatic rings. The van der Waals surface area contributed by atoms with E-state index in [0.717, 1.165) is 0 Å². The summed E-state index contributed by atoms with van der Waals surface area (Å²) in [6.07, 6.45) is 2.64. The Hall–Kier alpha value is -4.18. The van der Waals surface area contributed by atoms with Gasteiger partial charge in [0.1, 0.15) is 5.75 Å². The van der Waals surface area contributed by atoms with Crippen molar-refractivity contribution in [2.45, 2.75) is 11.8 Å². The van der Waals surface area contributed by atoms with Crippen LogP contribution in [0.1, 0.15) is 11.1 Å². The average molecular weight is 468 g/mol. The Labute approximate surface area is 190 Å². The molecule has 2 N–H and O–H groups in total. The van der Waals surface area contributed by atoms with Crippen molar-refractivity contribution < 1.29 is 22.9 Å². The molecule has 0 aliphatic heterocycles. The number of rotatable bonds is 8. The molecule has 0 aromatic heterocycles. The first-order valence-electron chi connectivity index (χ1n) is 9.69. The van der Waals surface area contributed by atoms with Crippen LogP contribution in [-0.2, 0) is 14.8 Å². The second-order valence-corrected chi connectivity index (χ2v) is 8.61. The maximum atomic E-state index is 13.0. The number of ether oxygens (including phenoxy) is 1. The van der Waals surface area contributed by atoms with Crippen molar-refractivity contribution in [3.05, 3.63) is 94.0 Å². The molecule has 0 unspecified atom stereocenters. The van der Waals surface area contributed by atoms with Gasteiger partial charge in [-0.05, 0) is 48.4 Å². The molecule has 33 heavy (non-hydrogen) atoms. The Balaban J connectivity index is 1.79. The Morgan fingerprint density at radius 1 is 1.06 bits per heavy atom. The summed E-state index contributed by atoms with van der Waals surface area (Å²) in [6.45, 7) is 1.64. The summed E-state index contributed by atoms with van der Waals surface area (Å²) in [5.74, 6) is -0.152. The molecular weight excluding hydrogens is 446 g/mol. The van der Waals surface area contributed by atoms with Crippen molar-refractivity contribution >= 4 is 39.1 Å². The number of non-ortho nitro benzene ring substituents is 1. The molecule has 0 radical (unpaired) electrons. The lowest BCUT2D eigenvalue weighted by molar-refractivity contribution is -0.384. The molecule has 0 aliphatic carbocycles. The number of nitrogens with zero attached hydrogens (tertiary/aromatic N) is 1. The van der Waals surface area contributed by atoms with Crippen LogP contribution in [0.5, 0.6) is 5.75 Å². The third-order valence-corrected chi connectivity index (χ3v) is 6.11. The van der Waals surface area contributed by atoms with E-state index in [-0.39, 0.29) is 22.0 Å². The number of amides is 1. The zero-order valence-corrected chi connectivity index (χ0v) is 18.6. The number of carbonyl (C=O) groups is 1. The maximum absolute atomic E-state index is 13.0. The van der Waals surface area contributed by atoms with Gasteiger partial charge in [0.25, 0.3) is 15.7 Å². The third kappa shape index (κ3) is 5.95. The second kappa shape index (κ2) is 9.96. The normalized spacial score (nSPS) is 11.2. The maximum Gasteiger partial charge on any atom is 0.270 e. The van der Waals surface area contributed by atoms with Crippen LogP contribution in [0.15, 0.2) is 77.7 Å². The van der Waals surface area contributed by atoms with Crippen molar-refractivity contribution in [2.75, 3.05) is 17.1 Å². The molecule has 0 aliphatic rings. The quantitative estimate of drug-likeness (QED) is 0.288. The Bertz CT molecular complexity index is 1340. The summed E-state index contributed by atoms with van der Waals surface area (Å²) in [4.78, 5) is 22.6. The molecule has 170 valence electrons. The van der Waals surface area contributed by atoms with Gasteiger partial charge in [-0.2, -0.15) is 0 Å². The summed E-state index contributed by atoms with van der Waals surface area (Å²) in [7, 11) is -2.53. The van der Waals surface area contributed by atoms with Gasteiger partial charge in [0.2, 0.25) is 5.91 Å². The molecule has 0 saturated heterocycles. The van der Waals surface area contributed by atoms with Crippen LogP contribution in [-0.4, -0.2) is 26.4 Å². The van der Waals surface area contributed by atoms with Crippen molar-refractivity contribution in [3.8, 4) is 5.75 Å². The molecule has 0 fully saturated rings. The van der Waals surface area contributed by atoms with E-state index in [0.29, 0.717) is 16.9 Å². The molecule has 0 saturated carbocycles. The van der Waals surface area contributed by atoms with Gasteiger partial charge in [-0.1, -0.05) is 30.3 Å². The zero-order chi connectivity index (χ0) is 24.0. The van der Waals surface area contributed by atoms with Crippen molar-refractivity contribution in [1.82, 2.24) is 0 Å². The van der Waals surface area contributed by atoms with Crippen molar-refractivity contribution in [1.29, 1.82) is 0 Å². The standard InChI is InChI=1S/C23H21N3O6S/c1-16-10-12-18(24-23(27)13-11-17-6-5-7-19(14-17)26(28)29)15-22(16)33(30,31)25-20-8-3-4-9-21(20)32-2/h3-15,25H,1-2H3,(H,24,27). The lowest BCUT2D eigenvalue weighted by Gasteiger charge is -2.14. The van der Waals surface area contributed by atoms with Crippen LogP contribution in [0.2, 0.25) is 0 Å². The highest BCUT2D eigenvalue weighted by atomic mass is 32.2. The smallest absolute Gasteiger partial charge is 0.270 e. The summed E-state index contributed by atoms with van der Waals surface area (Å²) in [5, 5.41) is 13.5. The molecule has 3 rings (SSSR count). The topological polar surface area (TPSA) is 128 Å². The summed E-state index contributed by atoms with van der Waals surface area (Å²) in [6, 6.07) is 17.0. The van der Waals surface area contributed by atoms with E-state index in [2.05, 4.69) is 10.0 Å². The number of sulfonamides is 1. The molecule has 0 spiro atoms. The van der Waals surface area contributed by atoms with Gasteiger partial charge in [-0.3, -0.25) is 19.6 Å². The number of benzene rings is 3. The minimum atomic E-state index is -3.97. The molecule has 9 nitrogen and oxygen atoms in total. The highest BCUT2D eigenvalue weighted by Crippen LogP contribution is 2.28. The number of nitro benzene ring substituents is 1. The average Bonchev–Trinajstić information content (AvgIpc) is 2.79. The van der Waals surface area contributed by atoms with Gasteiger partial charge in [-0.15, -0.1) is 0 Å². The largest absolute Gasteiger partial charge is 0.495 e. The lowest BCUT2D eigenvalue weighted by Crippen LogP contribution is -2.16. The number of aryl methyl sites for hydroxylation is 1. The zero-order valence-electron chi connectivity index (χ0n) is 17.8. The highest BCUT2D eigenvalue weighted by molar-refractivity contribution is 7.92. The van der Waals surface area contributed by atoms with Gasteiger partial charge in [0.15, 0.2) is 0 Å². The van der Waals surface area contributed by atoms with Crippen molar-refractivity contribution in [2.24, 2.45) is 0 Å². The van der Waals surface area contributed by atoms with E-state index < -0.39 is 20.9 Å². The van der Waals surface area contributed by atoms with Gasteiger partial charge >= 0.3 is 0 Å². The Kier molecular flexibility index (Phi) is 7.09. The monoisotopic (exact) mass is 467 g/mol. The molecule has 0 bridgehead atoms. The predicted molar refractivity (Wildman–Crippen MR) is 126 cm³/mol. The minimum absolute atomic E-state index is 0.00568. The van der Waals surface area contributed by atoms with E-state index in [1.807, 2.05) is 0 Å². The van der Waals surface area contributed by atoms with Crippen LogP contribution >= 0.6 is 0 Å². The van der Waals surface area contributed by atoms with Gasteiger partial charge in [0.05, 0.1) is 22.6 Å². The second-order valence-electron chi connectivity index (χ2n) is 6.96. The van der Waals surface area contributed by atoms with Gasteiger partial charge < -0.3 is 10.1 Å². The molecule has 0 atom stereocenters. The summed E-state index contributed by atoms with van der Waals surface area (Å²) < 4.78 is 33.6. The van der Waals surface area contributed by atoms with E-state index in [1.165, 1.54) is 43.5 Å². The minimum Gasteiger partial charge on any atom is -0.495 e. The van der Waals surface area contributed by atoms with E-state index >= 15 is 0 Å². The lowest BCUT2D eigenvalue weighted by atomic mass is 10.2. The molecule has 1 amide bonds. The number of nitro groups is 1. The fourth-order valence-electron chi connectivity index (χ4n) is 2.99. The first-order valence-corrected chi connectivity index (χ1v) is 11.2. The van der Waals surface area contributed by atoms with Crippen LogP contribution in [0.4, 0.5) is 17.1 Å². The number of nitrogens with one attached hydrogen (secondary N) is 2. The van der Waals surface area contributed by atoms with Crippen LogP contribution < -0.4 is 14.8 Å². The highest BCUT2D eigenvalue weighted by Gasteiger charge is 2.19. The predicted octanol–water partition coefficient (Wildman–Crippen LogP) is 4.36. The number of anilines is 2. The van der Waals surface area contributed by atoms with E-state index in [4.69, 9.17) is 4.74 Å². The van der Waals surface area contributed by atoms with Crippen molar-refractivity contribution in [3.63, 3.8) is 0 Å². The van der Waals surface area contributed by atoms with Crippen LogP contribution in [0, 0.1) is 17.0 Å². The molecule has 10 heteroatoms. The number of carbonyl (C=O) groups excluding carboxylic acids is 1.